The molecule has 0 amide bonds. The molecule has 0 bridgehead atoms. The predicted molar refractivity (Wildman–Crippen MR) is 67.0 cm³/mol. The molecular formula is C11H7BrF3NO2S. The van der Waals surface area contributed by atoms with E-state index >= 15 is 0 Å². The molecule has 1 aromatic carbocycles. The third-order valence-corrected chi connectivity index (χ3v) is 3.38. The van der Waals surface area contributed by atoms with Crippen molar-refractivity contribution >= 4 is 33.7 Å². The van der Waals surface area contributed by atoms with Crippen molar-refractivity contribution in [1.29, 1.82) is 5.26 Å². The summed E-state index contributed by atoms with van der Waals surface area (Å²) in [6.07, 6.45) is 0. The lowest BCUT2D eigenvalue weighted by Gasteiger charge is -2.11. The Bertz CT molecular complexity index is 540. The minimum Gasteiger partial charge on any atom is -0.465 e. The summed E-state index contributed by atoms with van der Waals surface area (Å²) in [5.41, 5.74) is -4.23. The zero-order valence-electron chi connectivity index (χ0n) is 9.55. The topological polar surface area (TPSA) is 50.1 Å². The van der Waals surface area contributed by atoms with Gasteiger partial charge in [0.2, 0.25) is 0 Å². The summed E-state index contributed by atoms with van der Waals surface area (Å²) in [6.45, 7) is 0. The van der Waals surface area contributed by atoms with Crippen molar-refractivity contribution in [2.75, 3.05) is 7.11 Å². The number of methoxy groups -OCH3 is 1. The van der Waals surface area contributed by atoms with Crippen LogP contribution in [-0.2, 0) is 10.1 Å². The number of alkyl halides is 4. The van der Waals surface area contributed by atoms with Gasteiger partial charge in [-0.1, -0.05) is 15.9 Å². The molecule has 0 fully saturated rings. The van der Waals surface area contributed by atoms with Crippen LogP contribution in [0.3, 0.4) is 0 Å². The standard InChI is InChI=1S/C11H7BrF3NO2S/c1-18-10(17)8-3-7(19-11(13,14)15)2-6(5-16)9(8)4-12/h2-3H,4H2,1H3. The van der Waals surface area contributed by atoms with Gasteiger partial charge in [0.1, 0.15) is 0 Å². The average molecular weight is 354 g/mol. The second-order valence-electron chi connectivity index (χ2n) is 3.28. The number of thioether (sulfide) groups is 1. The lowest BCUT2D eigenvalue weighted by atomic mass is 10.0. The number of benzene rings is 1. The maximum Gasteiger partial charge on any atom is 0.446 e. The summed E-state index contributed by atoms with van der Waals surface area (Å²) in [7, 11) is 1.12. The maximum absolute atomic E-state index is 12.3. The summed E-state index contributed by atoms with van der Waals surface area (Å²) in [4.78, 5) is 11.3. The van der Waals surface area contributed by atoms with E-state index in [4.69, 9.17) is 5.26 Å². The number of carbonyl (C=O) groups excluding carboxylic acids is 1. The molecule has 0 N–H and O–H groups in total. The van der Waals surface area contributed by atoms with Gasteiger partial charge < -0.3 is 4.74 Å². The lowest BCUT2D eigenvalue weighted by Crippen LogP contribution is -2.08. The first-order chi connectivity index (χ1) is 8.82. The van der Waals surface area contributed by atoms with E-state index in [0.717, 1.165) is 19.2 Å². The van der Waals surface area contributed by atoms with E-state index in [1.807, 2.05) is 0 Å². The van der Waals surface area contributed by atoms with Gasteiger partial charge in [-0.2, -0.15) is 18.4 Å². The monoisotopic (exact) mass is 353 g/mol. The van der Waals surface area contributed by atoms with Crippen molar-refractivity contribution < 1.29 is 22.7 Å². The van der Waals surface area contributed by atoms with E-state index in [2.05, 4.69) is 20.7 Å². The van der Waals surface area contributed by atoms with Crippen LogP contribution in [0, 0.1) is 11.3 Å². The molecule has 0 aromatic heterocycles. The van der Waals surface area contributed by atoms with E-state index in [1.54, 1.807) is 6.07 Å². The van der Waals surface area contributed by atoms with Gasteiger partial charge in [0, 0.05) is 10.2 Å². The highest BCUT2D eigenvalue weighted by molar-refractivity contribution is 9.08. The molecule has 1 aromatic rings. The van der Waals surface area contributed by atoms with Crippen LogP contribution in [-0.4, -0.2) is 18.6 Å². The normalized spacial score (nSPS) is 10.9. The zero-order valence-corrected chi connectivity index (χ0v) is 11.9. The average Bonchev–Trinajstić information content (AvgIpc) is 2.34. The SMILES string of the molecule is COC(=O)c1cc(SC(F)(F)F)cc(C#N)c1CBr. The van der Waals surface area contributed by atoms with Crippen LogP contribution in [0.5, 0.6) is 0 Å². The highest BCUT2D eigenvalue weighted by atomic mass is 79.9. The molecule has 19 heavy (non-hydrogen) atoms. The molecule has 3 nitrogen and oxygen atoms in total. The van der Waals surface area contributed by atoms with Gasteiger partial charge in [-0.3, -0.25) is 0 Å². The van der Waals surface area contributed by atoms with Gasteiger partial charge in [-0.05, 0) is 29.5 Å². The minimum atomic E-state index is -4.49. The maximum atomic E-state index is 12.3. The molecule has 0 heterocycles. The van der Waals surface area contributed by atoms with Crippen molar-refractivity contribution in [3.8, 4) is 6.07 Å². The molecule has 0 saturated heterocycles. The van der Waals surface area contributed by atoms with Crippen LogP contribution in [0.15, 0.2) is 17.0 Å². The molecule has 0 atom stereocenters. The van der Waals surface area contributed by atoms with Gasteiger partial charge in [-0.25, -0.2) is 4.79 Å². The molecule has 1 rings (SSSR count). The Kier molecular flexibility index (Phi) is 5.26. The van der Waals surface area contributed by atoms with Crippen LogP contribution < -0.4 is 0 Å². The molecular weight excluding hydrogens is 347 g/mol. The first-order valence-electron chi connectivity index (χ1n) is 4.79. The van der Waals surface area contributed by atoms with E-state index < -0.39 is 11.5 Å². The number of halogens is 4. The molecule has 0 unspecified atom stereocenters. The molecule has 0 radical (unpaired) electrons. The first-order valence-corrected chi connectivity index (χ1v) is 6.73. The number of nitriles is 1. The van der Waals surface area contributed by atoms with Gasteiger partial charge in [0.05, 0.1) is 24.3 Å². The predicted octanol–water partition coefficient (Wildman–Crippen LogP) is 3.85. The van der Waals surface area contributed by atoms with E-state index in [1.165, 1.54) is 0 Å². The van der Waals surface area contributed by atoms with Gasteiger partial charge >= 0.3 is 11.5 Å². The van der Waals surface area contributed by atoms with Crippen molar-refractivity contribution in [3.63, 3.8) is 0 Å². The van der Waals surface area contributed by atoms with E-state index in [-0.39, 0.29) is 33.1 Å². The number of hydrogen-bond acceptors (Lipinski definition) is 4. The van der Waals surface area contributed by atoms with Gasteiger partial charge in [0.15, 0.2) is 0 Å². The number of nitrogens with zero attached hydrogens (tertiary/aromatic N) is 1. The number of carbonyl (C=O) groups is 1. The Hall–Kier alpha value is -1.20. The molecule has 0 aliphatic rings. The second-order valence-corrected chi connectivity index (χ2v) is 4.98. The van der Waals surface area contributed by atoms with Crippen LogP contribution in [0.4, 0.5) is 13.2 Å². The Morgan fingerprint density at radius 2 is 2.16 bits per heavy atom. The van der Waals surface area contributed by atoms with E-state index in [9.17, 15) is 18.0 Å². The van der Waals surface area contributed by atoms with Crippen LogP contribution in [0.25, 0.3) is 0 Å². The van der Waals surface area contributed by atoms with E-state index in [0.29, 0.717) is 5.56 Å². The smallest absolute Gasteiger partial charge is 0.446 e. The molecule has 0 saturated carbocycles. The highest BCUT2D eigenvalue weighted by Crippen LogP contribution is 2.38. The fourth-order valence-corrected chi connectivity index (χ4v) is 2.60. The number of ether oxygens (including phenoxy) is 1. The van der Waals surface area contributed by atoms with Crippen LogP contribution >= 0.6 is 27.7 Å². The summed E-state index contributed by atoms with van der Waals surface area (Å²) in [5.74, 6) is -0.782. The summed E-state index contributed by atoms with van der Waals surface area (Å²) in [6, 6.07) is 3.94. The number of rotatable bonds is 3. The second kappa shape index (κ2) is 6.30. The Morgan fingerprint density at radius 1 is 1.53 bits per heavy atom. The van der Waals surface area contributed by atoms with Crippen molar-refractivity contribution in [1.82, 2.24) is 0 Å². The molecule has 0 spiro atoms. The third-order valence-electron chi connectivity index (χ3n) is 2.12. The third kappa shape index (κ3) is 4.14. The van der Waals surface area contributed by atoms with Crippen molar-refractivity contribution in [3.05, 3.63) is 28.8 Å². The van der Waals surface area contributed by atoms with Crippen LogP contribution in [0.2, 0.25) is 0 Å². The van der Waals surface area contributed by atoms with Gasteiger partial charge in [0.25, 0.3) is 0 Å². The summed E-state index contributed by atoms with van der Waals surface area (Å²) in [5, 5.41) is 9.10. The summed E-state index contributed by atoms with van der Waals surface area (Å²) < 4.78 is 41.5. The molecule has 0 aliphatic carbocycles. The highest BCUT2D eigenvalue weighted by Gasteiger charge is 2.30. The zero-order chi connectivity index (χ0) is 14.6. The quantitative estimate of drug-likeness (QED) is 0.470. The van der Waals surface area contributed by atoms with Gasteiger partial charge in [-0.15, -0.1) is 0 Å². The largest absolute Gasteiger partial charge is 0.465 e. The number of hydrogen-bond donors (Lipinski definition) is 0. The Labute approximate surface area is 119 Å². The molecule has 0 aliphatic heterocycles. The Balaban J connectivity index is 3.39. The lowest BCUT2D eigenvalue weighted by molar-refractivity contribution is -0.0328. The fraction of sp³-hybridized carbons (Fsp3) is 0.273. The Morgan fingerprint density at radius 3 is 2.58 bits per heavy atom. The minimum absolute atomic E-state index is 0.00604. The number of esters is 1. The molecule has 8 heteroatoms. The van der Waals surface area contributed by atoms with Crippen LogP contribution in [0.1, 0.15) is 21.5 Å². The fourth-order valence-electron chi connectivity index (χ4n) is 1.37. The van der Waals surface area contributed by atoms with Crippen molar-refractivity contribution in [2.24, 2.45) is 0 Å². The molecule has 102 valence electrons. The van der Waals surface area contributed by atoms with Crippen molar-refractivity contribution in [2.45, 2.75) is 15.7 Å². The first kappa shape index (κ1) is 15.9. The summed E-state index contributed by atoms with van der Waals surface area (Å²) >= 11 is 2.71.